The van der Waals surface area contributed by atoms with E-state index in [1.54, 1.807) is 0 Å². The van der Waals surface area contributed by atoms with Crippen LogP contribution in [0.25, 0.3) is 11.0 Å². The first kappa shape index (κ1) is 10.7. The third kappa shape index (κ3) is 1.16. The zero-order valence-corrected chi connectivity index (χ0v) is 10.3. The summed E-state index contributed by atoms with van der Waals surface area (Å²) < 4.78 is 1.88. The topological polar surface area (TPSA) is 41.6 Å². The number of hydrogen-bond acceptors (Lipinski definition) is 2. The fraction of sp³-hybridized carbons (Fsp3) is 0.385. The zero-order valence-electron chi connectivity index (χ0n) is 10.3. The summed E-state index contributed by atoms with van der Waals surface area (Å²) in [6, 6.07) is 2.13. The Kier molecular flexibility index (Phi) is 2.23. The number of imidazole rings is 1. The van der Waals surface area contributed by atoms with Crippen molar-refractivity contribution in [1.82, 2.24) is 9.55 Å². The highest BCUT2D eigenvalue weighted by Gasteiger charge is 2.15. The van der Waals surface area contributed by atoms with E-state index in [1.165, 1.54) is 22.3 Å². The maximum Gasteiger partial charge on any atom is 0.213 e. The van der Waals surface area contributed by atoms with Gasteiger partial charge in [0.2, 0.25) is 5.82 Å². The van der Waals surface area contributed by atoms with Crippen molar-refractivity contribution in [2.24, 2.45) is 7.05 Å². The van der Waals surface area contributed by atoms with Crippen LogP contribution in [-0.4, -0.2) is 9.55 Å². The summed E-state index contributed by atoms with van der Waals surface area (Å²) in [6.45, 7) is 8.39. The molecule has 82 valence electrons. The molecule has 0 fully saturated rings. The molecular formula is C13H15N3. The lowest BCUT2D eigenvalue weighted by atomic mass is 9.97. The standard InChI is InChI=1S/C13H15N3/c1-7-8(2)10(4)13-12(9(7)3)15-11(6-14)16(13)5/h1-5H3. The summed E-state index contributed by atoms with van der Waals surface area (Å²) in [6.07, 6.45) is 0. The van der Waals surface area contributed by atoms with Crippen LogP contribution in [0.3, 0.4) is 0 Å². The van der Waals surface area contributed by atoms with Crippen LogP contribution in [0.15, 0.2) is 0 Å². The minimum absolute atomic E-state index is 0.478. The van der Waals surface area contributed by atoms with E-state index in [-0.39, 0.29) is 0 Å². The fourth-order valence-electron chi connectivity index (χ4n) is 2.21. The quantitative estimate of drug-likeness (QED) is 0.675. The number of nitriles is 1. The van der Waals surface area contributed by atoms with Gasteiger partial charge >= 0.3 is 0 Å². The Labute approximate surface area is 95.3 Å². The predicted molar refractivity (Wildman–Crippen MR) is 64.4 cm³/mol. The van der Waals surface area contributed by atoms with Gasteiger partial charge in [-0.3, -0.25) is 0 Å². The van der Waals surface area contributed by atoms with Crippen LogP contribution in [0.5, 0.6) is 0 Å². The van der Waals surface area contributed by atoms with Crippen molar-refractivity contribution < 1.29 is 0 Å². The molecule has 0 N–H and O–H groups in total. The summed E-state index contributed by atoms with van der Waals surface area (Å²) >= 11 is 0. The molecule has 16 heavy (non-hydrogen) atoms. The molecule has 1 aromatic heterocycles. The second-order valence-electron chi connectivity index (χ2n) is 4.30. The molecule has 0 atom stereocenters. The Bertz CT molecular complexity index is 627. The predicted octanol–water partition coefficient (Wildman–Crippen LogP) is 2.68. The molecule has 0 aliphatic carbocycles. The molecule has 1 heterocycles. The monoisotopic (exact) mass is 213 g/mol. The smallest absolute Gasteiger partial charge is 0.213 e. The van der Waals surface area contributed by atoms with Crippen LogP contribution >= 0.6 is 0 Å². The summed E-state index contributed by atoms with van der Waals surface area (Å²) in [5, 5.41) is 9.01. The molecule has 0 unspecified atom stereocenters. The van der Waals surface area contributed by atoms with E-state index in [9.17, 15) is 0 Å². The van der Waals surface area contributed by atoms with E-state index in [2.05, 4.69) is 38.7 Å². The van der Waals surface area contributed by atoms with Crippen LogP contribution in [0.4, 0.5) is 0 Å². The number of benzene rings is 1. The van der Waals surface area contributed by atoms with Crippen LogP contribution in [0.1, 0.15) is 28.1 Å². The Morgan fingerprint density at radius 2 is 1.56 bits per heavy atom. The van der Waals surface area contributed by atoms with Crippen LogP contribution < -0.4 is 0 Å². The van der Waals surface area contributed by atoms with Gasteiger partial charge in [-0.15, -0.1) is 0 Å². The van der Waals surface area contributed by atoms with Gasteiger partial charge in [0.05, 0.1) is 11.0 Å². The highest BCUT2D eigenvalue weighted by atomic mass is 15.1. The van der Waals surface area contributed by atoms with Gasteiger partial charge in [-0.1, -0.05) is 0 Å². The number of rotatable bonds is 0. The first-order valence-electron chi connectivity index (χ1n) is 5.32. The van der Waals surface area contributed by atoms with E-state index < -0.39 is 0 Å². The van der Waals surface area contributed by atoms with Crippen LogP contribution in [0, 0.1) is 39.0 Å². The van der Waals surface area contributed by atoms with E-state index in [0.717, 1.165) is 11.0 Å². The minimum Gasteiger partial charge on any atom is -0.318 e. The molecule has 0 aliphatic heterocycles. The molecule has 0 bridgehead atoms. The third-order valence-corrected chi connectivity index (χ3v) is 3.59. The Morgan fingerprint density at radius 1 is 1.00 bits per heavy atom. The zero-order chi connectivity index (χ0) is 12.0. The Morgan fingerprint density at radius 3 is 2.12 bits per heavy atom. The molecule has 0 saturated heterocycles. The van der Waals surface area contributed by atoms with E-state index in [0.29, 0.717) is 5.82 Å². The van der Waals surface area contributed by atoms with Gasteiger partial charge in [0.1, 0.15) is 6.07 Å². The molecule has 1 aromatic carbocycles. The van der Waals surface area contributed by atoms with Gasteiger partial charge in [0.15, 0.2) is 0 Å². The van der Waals surface area contributed by atoms with Crippen molar-refractivity contribution in [3.05, 3.63) is 28.1 Å². The summed E-state index contributed by atoms with van der Waals surface area (Å²) in [4.78, 5) is 4.39. The number of aromatic nitrogens is 2. The fourth-order valence-corrected chi connectivity index (χ4v) is 2.21. The van der Waals surface area contributed by atoms with Crippen LogP contribution in [-0.2, 0) is 7.05 Å². The molecule has 0 radical (unpaired) electrons. The molecule has 3 nitrogen and oxygen atoms in total. The van der Waals surface area contributed by atoms with Crippen molar-refractivity contribution in [2.75, 3.05) is 0 Å². The van der Waals surface area contributed by atoms with Gasteiger partial charge in [0.25, 0.3) is 0 Å². The molecule has 0 spiro atoms. The molecule has 2 aromatic rings. The van der Waals surface area contributed by atoms with Crippen molar-refractivity contribution in [1.29, 1.82) is 5.26 Å². The van der Waals surface area contributed by atoms with Gasteiger partial charge in [-0.25, -0.2) is 4.98 Å². The lowest BCUT2D eigenvalue weighted by Crippen LogP contribution is -1.97. The number of fused-ring (bicyclic) bond motifs is 1. The van der Waals surface area contributed by atoms with Gasteiger partial charge in [-0.2, -0.15) is 5.26 Å². The number of nitrogens with zero attached hydrogens (tertiary/aromatic N) is 3. The average Bonchev–Trinajstić information content (AvgIpc) is 2.61. The lowest BCUT2D eigenvalue weighted by molar-refractivity contribution is 0.916. The number of hydrogen-bond donors (Lipinski definition) is 0. The maximum atomic E-state index is 9.01. The van der Waals surface area contributed by atoms with Gasteiger partial charge < -0.3 is 4.57 Å². The molecule has 0 saturated carbocycles. The summed E-state index contributed by atoms with van der Waals surface area (Å²) in [5.74, 6) is 0.478. The Hall–Kier alpha value is -1.82. The lowest BCUT2D eigenvalue weighted by Gasteiger charge is -2.10. The molecular weight excluding hydrogens is 198 g/mol. The minimum atomic E-state index is 0.478. The third-order valence-electron chi connectivity index (χ3n) is 3.59. The highest BCUT2D eigenvalue weighted by molar-refractivity contribution is 5.85. The van der Waals surface area contributed by atoms with E-state index in [4.69, 9.17) is 5.26 Å². The van der Waals surface area contributed by atoms with Crippen molar-refractivity contribution in [3.63, 3.8) is 0 Å². The number of aryl methyl sites for hydroxylation is 3. The van der Waals surface area contributed by atoms with E-state index >= 15 is 0 Å². The van der Waals surface area contributed by atoms with Gasteiger partial charge in [0, 0.05) is 7.05 Å². The maximum absolute atomic E-state index is 9.01. The molecule has 2 rings (SSSR count). The molecule has 0 aliphatic rings. The van der Waals surface area contributed by atoms with Crippen molar-refractivity contribution in [2.45, 2.75) is 27.7 Å². The van der Waals surface area contributed by atoms with E-state index in [1.807, 2.05) is 11.6 Å². The average molecular weight is 213 g/mol. The SMILES string of the molecule is Cc1c(C)c(C)c2c(nc(C#N)n2C)c1C. The molecule has 0 amide bonds. The second kappa shape index (κ2) is 3.34. The highest BCUT2D eigenvalue weighted by Crippen LogP contribution is 2.28. The largest absolute Gasteiger partial charge is 0.318 e. The van der Waals surface area contributed by atoms with Crippen molar-refractivity contribution >= 4 is 11.0 Å². The normalized spacial score (nSPS) is 10.8. The van der Waals surface area contributed by atoms with Crippen molar-refractivity contribution in [3.8, 4) is 6.07 Å². The molecule has 3 heteroatoms. The first-order chi connectivity index (χ1) is 7.49. The Balaban J connectivity index is 3.07. The first-order valence-corrected chi connectivity index (χ1v) is 5.32. The van der Waals surface area contributed by atoms with Crippen LogP contribution in [0.2, 0.25) is 0 Å². The second-order valence-corrected chi connectivity index (χ2v) is 4.30. The summed E-state index contributed by atoms with van der Waals surface area (Å²) in [7, 11) is 1.90. The summed E-state index contributed by atoms with van der Waals surface area (Å²) in [5.41, 5.74) is 6.99. The van der Waals surface area contributed by atoms with Gasteiger partial charge in [-0.05, 0) is 49.9 Å².